The summed E-state index contributed by atoms with van der Waals surface area (Å²) in [4.78, 5) is 37.1. The van der Waals surface area contributed by atoms with E-state index < -0.39 is 24.2 Å². The van der Waals surface area contributed by atoms with E-state index in [1.165, 1.54) is 28.4 Å². The van der Waals surface area contributed by atoms with Crippen molar-refractivity contribution in [3.05, 3.63) is 101 Å². The number of esters is 1. The van der Waals surface area contributed by atoms with Gasteiger partial charge in [0.05, 0.1) is 0 Å². The van der Waals surface area contributed by atoms with Gasteiger partial charge in [-0.3, -0.25) is 9.69 Å². The highest BCUT2D eigenvalue weighted by atomic mass is 32.2. The summed E-state index contributed by atoms with van der Waals surface area (Å²) in [7, 11) is 0. The van der Waals surface area contributed by atoms with Crippen molar-refractivity contribution in [2.45, 2.75) is 42.5 Å². The van der Waals surface area contributed by atoms with Crippen LogP contribution in [-0.2, 0) is 14.3 Å². The molecule has 0 bridgehead atoms. The molecule has 1 amide bonds. The van der Waals surface area contributed by atoms with E-state index in [0.29, 0.717) is 17.3 Å². The van der Waals surface area contributed by atoms with Crippen LogP contribution >= 0.6 is 23.5 Å². The van der Waals surface area contributed by atoms with E-state index in [1.807, 2.05) is 73.7 Å². The van der Waals surface area contributed by atoms with Gasteiger partial charge in [0.25, 0.3) is 5.78 Å². The van der Waals surface area contributed by atoms with E-state index in [4.69, 9.17) is 10.5 Å². The van der Waals surface area contributed by atoms with Crippen molar-refractivity contribution in [1.82, 2.24) is 24.5 Å². The van der Waals surface area contributed by atoms with Gasteiger partial charge in [-0.1, -0.05) is 60.7 Å². The first-order valence-corrected chi connectivity index (χ1v) is 15.1. The maximum absolute atomic E-state index is 14.0. The van der Waals surface area contributed by atoms with Crippen LogP contribution in [0.25, 0.3) is 5.78 Å². The van der Waals surface area contributed by atoms with Crippen LogP contribution in [0.1, 0.15) is 41.8 Å². The van der Waals surface area contributed by atoms with Gasteiger partial charge in [-0.25, -0.2) is 9.78 Å². The average molecular weight is 589 g/mol. The molecule has 41 heavy (non-hydrogen) atoms. The summed E-state index contributed by atoms with van der Waals surface area (Å²) in [5, 5.41) is 14.8. The van der Waals surface area contributed by atoms with Gasteiger partial charge in [0.2, 0.25) is 5.91 Å². The molecule has 2 aromatic heterocycles. The second-order valence-electron chi connectivity index (χ2n) is 9.88. The number of carbonyl (C=O) groups is 2. The first-order chi connectivity index (χ1) is 19.8. The topological polar surface area (TPSA) is 136 Å². The third-order valence-corrected chi connectivity index (χ3v) is 9.34. The van der Waals surface area contributed by atoms with Gasteiger partial charge in [0.1, 0.15) is 28.2 Å². The van der Waals surface area contributed by atoms with E-state index in [1.54, 1.807) is 11.4 Å². The second kappa shape index (κ2) is 11.3. The number of β-lactam (4-membered cyclic amide) rings is 1. The standard InChI is InChI=1S/C29H28N6O4S2/c1-16-13-21(35-29(31-16)32-25(33-35)17(2)36)40-14-20-15-41-27-22(30)26(37)34(27)23(20)28(38)39-24(18-9-5-3-6-10-18)19-11-7-4-8-12-19/h3-13,17,22,24,27,36H,14-15,30H2,1-2H3/t17?,22?,27-/m0/s1. The van der Waals surface area contributed by atoms with Crippen LogP contribution in [0.2, 0.25) is 0 Å². The molecule has 0 radical (unpaired) electrons. The lowest BCUT2D eigenvalue weighted by molar-refractivity contribution is -0.153. The number of carbonyl (C=O) groups excluding carboxylic acids is 2. The molecule has 6 rings (SSSR count). The maximum Gasteiger partial charge on any atom is 0.356 e. The maximum atomic E-state index is 14.0. The lowest BCUT2D eigenvalue weighted by atomic mass is 10.0. The number of aliphatic hydroxyl groups excluding tert-OH is 1. The van der Waals surface area contributed by atoms with Crippen molar-refractivity contribution in [2.24, 2.45) is 5.73 Å². The Morgan fingerprint density at radius 3 is 2.44 bits per heavy atom. The third kappa shape index (κ3) is 5.23. The van der Waals surface area contributed by atoms with E-state index in [2.05, 4.69) is 15.1 Å². The minimum Gasteiger partial charge on any atom is -0.448 e. The van der Waals surface area contributed by atoms with Gasteiger partial charge in [-0.05, 0) is 36.6 Å². The van der Waals surface area contributed by atoms with Crippen molar-refractivity contribution >= 4 is 41.2 Å². The van der Waals surface area contributed by atoms with Gasteiger partial charge in [-0.2, -0.15) is 9.50 Å². The van der Waals surface area contributed by atoms with Crippen molar-refractivity contribution in [1.29, 1.82) is 0 Å². The van der Waals surface area contributed by atoms with Gasteiger partial charge in [0, 0.05) is 17.2 Å². The quantitative estimate of drug-likeness (QED) is 0.136. The monoisotopic (exact) mass is 588 g/mol. The molecule has 10 nitrogen and oxygen atoms in total. The van der Waals surface area contributed by atoms with E-state index in [9.17, 15) is 14.7 Å². The fourth-order valence-corrected chi connectivity index (χ4v) is 7.32. The number of aromatic nitrogens is 4. The summed E-state index contributed by atoms with van der Waals surface area (Å²) < 4.78 is 7.77. The zero-order chi connectivity index (χ0) is 28.7. The first kappa shape index (κ1) is 27.5. The number of benzene rings is 2. The van der Waals surface area contributed by atoms with E-state index in [0.717, 1.165) is 27.4 Å². The van der Waals surface area contributed by atoms with Crippen LogP contribution in [0.5, 0.6) is 0 Å². The molecule has 2 unspecified atom stereocenters. The SMILES string of the molecule is Cc1cc(SCC2=C(C(=O)OC(c3ccccc3)c3ccccc3)N3C(=O)C(N)[C@@H]3SC2)n2nc(C(C)O)nc2n1. The number of amides is 1. The molecule has 12 heteroatoms. The summed E-state index contributed by atoms with van der Waals surface area (Å²) in [6.45, 7) is 3.46. The van der Waals surface area contributed by atoms with Gasteiger partial charge in [-0.15, -0.1) is 28.6 Å². The molecule has 0 saturated carbocycles. The Hall–Kier alpha value is -3.71. The van der Waals surface area contributed by atoms with Crippen LogP contribution in [0.3, 0.4) is 0 Å². The minimum absolute atomic E-state index is 0.245. The highest BCUT2D eigenvalue weighted by Crippen LogP contribution is 2.42. The number of aliphatic hydroxyl groups is 1. The number of ether oxygens (including phenoxy) is 1. The van der Waals surface area contributed by atoms with Gasteiger partial charge < -0.3 is 15.6 Å². The van der Waals surface area contributed by atoms with Crippen molar-refractivity contribution in [2.75, 3.05) is 11.5 Å². The number of fused-ring (bicyclic) bond motifs is 2. The molecular formula is C29H28N6O4S2. The number of hydrogen-bond acceptors (Lipinski definition) is 10. The number of nitrogens with zero attached hydrogens (tertiary/aromatic N) is 5. The molecule has 2 aromatic carbocycles. The summed E-state index contributed by atoms with van der Waals surface area (Å²) in [5.74, 6) is 0.701. The van der Waals surface area contributed by atoms with Crippen molar-refractivity contribution in [3.63, 3.8) is 0 Å². The number of nitrogens with two attached hydrogens (primary N) is 1. The van der Waals surface area contributed by atoms with E-state index >= 15 is 0 Å². The molecule has 1 saturated heterocycles. The second-order valence-corrected chi connectivity index (χ2v) is 12.0. The molecule has 4 aromatic rings. The van der Waals surface area contributed by atoms with Gasteiger partial charge in [0.15, 0.2) is 11.9 Å². The van der Waals surface area contributed by atoms with Crippen LogP contribution in [0.4, 0.5) is 0 Å². The Labute approximate surface area is 245 Å². The Morgan fingerprint density at radius 1 is 1.15 bits per heavy atom. The number of thioether (sulfide) groups is 2. The molecule has 4 heterocycles. The summed E-state index contributed by atoms with van der Waals surface area (Å²) in [6.07, 6.45) is -1.49. The smallest absolute Gasteiger partial charge is 0.356 e. The van der Waals surface area contributed by atoms with Crippen LogP contribution in [0.15, 0.2) is 83.0 Å². The number of hydrogen-bond donors (Lipinski definition) is 2. The highest BCUT2D eigenvalue weighted by Gasteiger charge is 2.52. The molecule has 0 aliphatic carbocycles. The van der Waals surface area contributed by atoms with Crippen LogP contribution in [-0.4, -0.2) is 64.4 Å². The van der Waals surface area contributed by atoms with Crippen LogP contribution in [0, 0.1) is 6.92 Å². The van der Waals surface area contributed by atoms with E-state index in [-0.39, 0.29) is 22.8 Å². The summed E-state index contributed by atoms with van der Waals surface area (Å²) in [5.41, 5.74) is 9.51. The molecule has 1 fully saturated rings. The van der Waals surface area contributed by atoms with Crippen molar-refractivity contribution < 1.29 is 19.4 Å². The lowest BCUT2D eigenvalue weighted by Crippen LogP contribution is -2.68. The zero-order valence-corrected chi connectivity index (χ0v) is 24.0. The summed E-state index contributed by atoms with van der Waals surface area (Å²) >= 11 is 2.99. The Bertz CT molecular complexity index is 1600. The fourth-order valence-electron chi connectivity index (χ4n) is 4.84. The van der Waals surface area contributed by atoms with Crippen LogP contribution < -0.4 is 5.73 Å². The molecule has 0 spiro atoms. The van der Waals surface area contributed by atoms with Gasteiger partial charge >= 0.3 is 5.97 Å². The molecule has 3 N–H and O–H groups in total. The largest absolute Gasteiger partial charge is 0.448 e. The number of rotatable bonds is 8. The Balaban J connectivity index is 1.34. The predicted octanol–water partition coefficient (Wildman–Crippen LogP) is 3.41. The molecule has 2 aliphatic rings. The lowest BCUT2D eigenvalue weighted by Gasteiger charge is -2.48. The molecule has 210 valence electrons. The first-order valence-electron chi connectivity index (χ1n) is 13.1. The fraction of sp³-hybridized carbons (Fsp3) is 0.276. The Kier molecular flexibility index (Phi) is 7.56. The third-order valence-electron chi connectivity index (χ3n) is 6.90. The molecular weight excluding hydrogens is 560 g/mol. The predicted molar refractivity (Wildman–Crippen MR) is 156 cm³/mol. The molecule has 2 aliphatic heterocycles. The van der Waals surface area contributed by atoms with Crippen molar-refractivity contribution in [3.8, 4) is 0 Å². The minimum atomic E-state index is -0.838. The average Bonchev–Trinajstić information content (AvgIpc) is 3.43. The Morgan fingerprint density at radius 2 is 1.80 bits per heavy atom. The highest BCUT2D eigenvalue weighted by molar-refractivity contribution is 8.01. The summed E-state index contributed by atoms with van der Waals surface area (Å²) in [6, 6.07) is 20.3. The number of aryl methyl sites for hydroxylation is 1. The zero-order valence-electron chi connectivity index (χ0n) is 22.4. The molecule has 3 atom stereocenters. The normalized spacial score (nSPS) is 19.3.